The molecule has 0 saturated heterocycles. The molecule has 0 aromatic heterocycles. The molecule has 1 heterocycles. The molecule has 0 amide bonds. The van der Waals surface area contributed by atoms with Gasteiger partial charge in [0.25, 0.3) is 0 Å². The van der Waals surface area contributed by atoms with E-state index in [1.807, 2.05) is 25.1 Å². The van der Waals surface area contributed by atoms with Crippen molar-refractivity contribution in [2.24, 2.45) is 0 Å². The average Bonchev–Trinajstić information content (AvgIpc) is 2.69. The Balaban J connectivity index is 2.17. The van der Waals surface area contributed by atoms with Crippen molar-refractivity contribution in [2.75, 3.05) is 6.61 Å². The summed E-state index contributed by atoms with van der Waals surface area (Å²) in [6.45, 7) is 2.07. The lowest BCUT2D eigenvalue weighted by molar-refractivity contribution is 0.0560. The molecule has 1 aliphatic heterocycles. The Morgan fingerprint density at radius 2 is 2.00 bits per heavy atom. The fourth-order valence-electron chi connectivity index (χ4n) is 2.34. The monoisotopic (exact) mass is 294 g/mol. The molecule has 0 spiro atoms. The molecule has 1 unspecified atom stereocenters. The lowest BCUT2D eigenvalue weighted by Crippen LogP contribution is -2.28. The van der Waals surface area contributed by atoms with Gasteiger partial charge in [-0.3, -0.25) is 0 Å². The largest absolute Gasteiger partial charge is 0.489 e. The molecule has 3 rings (SSSR count). The molecular weight excluding hydrogens is 283 g/mol. The highest BCUT2D eigenvalue weighted by Crippen LogP contribution is 2.44. The Morgan fingerprint density at radius 1 is 1.21 bits per heavy atom. The number of hydrogen-bond acceptors (Lipinski definition) is 2. The van der Waals surface area contributed by atoms with Gasteiger partial charge < -0.3 is 9.84 Å². The van der Waals surface area contributed by atoms with Crippen LogP contribution in [0.25, 0.3) is 0 Å². The highest BCUT2D eigenvalue weighted by Gasteiger charge is 2.41. The van der Waals surface area contributed by atoms with Gasteiger partial charge in [-0.1, -0.05) is 35.3 Å². The lowest BCUT2D eigenvalue weighted by Gasteiger charge is -2.22. The van der Waals surface area contributed by atoms with Crippen LogP contribution in [0, 0.1) is 6.92 Å². The van der Waals surface area contributed by atoms with E-state index in [9.17, 15) is 5.11 Å². The molecule has 1 aliphatic rings. The molecular formula is C15H12Cl2O2. The van der Waals surface area contributed by atoms with Crippen LogP contribution in [-0.4, -0.2) is 11.7 Å². The Labute approximate surface area is 121 Å². The highest BCUT2D eigenvalue weighted by molar-refractivity contribution is 6.31. The Kier molecular flexibility index (Phi) is 2.97. The zero-order valence-corrected chi connectivity index (χ0v) is 11.8. The van der Waals surface area contributed by atoms with Crippen LogP contribution in [0.15, 0.2) is 36.4 Å². The molecule has 19 heavy (non-hydrogen) atoms. The first kappa shape index (κ1) is 12.8. The van der Waals surface area contributed by atoms with Crippen LogP contribution < -0.4 is 4.74 Å². The molecule has 0 aliphatic carbocycles. The number of aryl methyl sites for hydroxylation is 1. The van der Waals surface area contributed by atoms with Crippen LogP contribution in [0.3, 0.4) is 0 Å². The summed E-state index contributed by atoms with van der Waals surface area (Å²) in [4.78, 5) is 0. The Morgan fingerprint density at radius 3 is 2.74 bits per heavy atom. The maximum Gasteiger partial charge on any atom is 0.152 e. The summed E-state index contributed by atoms with van der Waals surface area (Å²) < 4.78 is 5.59. The maximum atomic E-state index is 10.9. The molecule has 0 bridgehead atoms. The van der Waals surface area contributed by atoms with Gasteiger partial charge >= 0.3 is 0 Å². The number of halogens is 2. The van der Waals surface area contributed by atoms with Crippen LogP contribution in [0.1, 0.15) is 16.7 Å². The van der Waals surface area contributed by atoms with E-state index in [0.29, 0.717) is 26.9 Å². The quantitative estimate of drug-likeness (QED) is 0.863. The van der Waals surface area contributed by atoms with Crippen molar-refractivity contribution in [2.45, 2.75) is 12.5 Å². The zero-order chi connectivity index (χ0) is 13.6. The Hall–Kier alpha value is -1.22. The standard InChI is InChI=1S/C15H12Cl2O2/c1-9-5-14-12(7-13(9)17)15(18,8-19-14)10-3-2-4-11(16)6-10/h2-7,18H,8H2,1H3. The first-order chi connectivity index (χ1) is 9.00. The molecule has 98 valence electrons. The second-order valence-corrected chi connectivity index (χ2v) is 5.60. The summed E-state index contributed by atoms with van der Waals surface area (Å²) in [5.74, 6) is 0.671. The molecule has 0 radical (unpaired) electrons. The average molecular weight is 295 g/mol. The minimum atomic E-state index is -1.20. The number of aliphatic hydroxyl groups is 1. The molecule has 0 fully saturated rings. The van der Waals surface area contributed by atoms with Crippen molar-refractivity contribution in [1.29, 1.82) is 0 Å². The van der Waals surface area contributed by atoms with Gasteiger partial charge in [-0.05, 0) is 42.3 Å². The number of fused-ring (bicyclic) bond motifs is 1. The topological polar surface area (TPSA) is 29.5 Å². The van der Waals surface area contributed by atoms with Crippen LogP contribution in [0.2, 0.25) is 10.0 Å². The van der Waals surface area contributed by atoms with Crippen LogP contribution in [-0.2, 0) is 5.60 Å². The maximum absolute atomic E-state index is 10.9. The smallest absolute Gasteiger partial charge is 0.152 e. The third kappa shape index (κ3) is 2.00. The Bertz CT molecular complexity index is 655. The lowest BCUT2D eigenvalue weighted by atomic mass is 9.88. The SMILES string of the molecule is Cc1cc2c(cc1Cl)C(O)(c1cccc(Cl)c1)CO2. The first-order valence-electron chi connectivity index (χ1n) is 5.92. The van der Waals surface area contributed by atoms with Gasteiger partial charge in [-0.25, -0.2) is 0 Å². The van der Waals surface area contributed by atoms with E-state index in [1.165, 1.54) is 0 Å². The van der Waals surface area contributed by atoms with Gasteiger partial charge in [0.2, 0.25) is 0 Å². The van der Waals surface area contributed by atoms with Gasteiger partial charge in [-0.15, -0.1) is 0 Å². The van der Waals surface area contributed by atoms with Gasteiger partial charge in [0.15, 0.2) is 5.60 Å². The van der Waals surface area contributed by atoms with E-state index in [2.05, 4.69) is 0 Å². The van der Waals surface area contributed by atoms with E-state index in [4.69, 9.17) is 27.9 Å². The minimum absolute atomic E-state index is 0.169. The van der Waals surface area contributed by atoms with Gasteiger partial charge in [0.05, 0.1) is 0 Å². The number of ether oxygens (including phenoxy) is 1. The molecule has 4 heteroatoms. The minimum Gasteiger partial charge on any atom is -0.489 e. The van der Waals surface area contributed by atoms with Crippen LogP contribution in [0.4, 0.5) is 0 Å². The zero-order valence-electron chi connectivity index (χ0n) is 10.3. The summed E-state index contributed by atoms with van der Waals surface area (Å²) in [7, 11) is 0. The second kappa shape index (κ2) is 4.41. The summed E-state index contributed by atoms with van der Waals surface area (Å²) in [5.41, 5.74) is 1.12. The van der Waals surface area contributed by atoms with Crippen LogP contribution in [0.5, 0.6) is 5.75 Å². The number of hydrogen-bond donors (Lipinski definition) is 1. The van der Waals surface area contributed by atoms with Crippen molar-refractivity contribution >= 4 is 23.2 Å². The third-order valence-electron chi connectivity index (χ3n) is 3.45. The predicted molar refractivity (Wildman–Crippen MR) is 76.1 cm³/mol. The van der Waals surface area contributed by atoms with E-state index < -0.39 is 5.60 Å². The van der Waals surface area contributed by atoms with Crippen molar-refractivity contribution in [3.63, 3.8) is 0 Å². The normalized spacial score (nSPS) is 21.1. The van der Waals surface area contributed by atoms with Crippen molar-refractivity contribution in [1.82, 2.24) is 0 Å². The van der Waals surface area contributed by atoms with E-state index in [-0.39, 0.29) is 6.61 Å². The first-order valence-corrected chi connectivity index (χ1v) is 6.68. The van der Waals surface area contributed by atoms with Crippen LogP contribution >= 0.6 is 23.2 Å². The van der Waals surface area contributed by atoms with Gasteiger partial charge in [0, 0.05) is 15.6 Å². The van der Waals surface area contributed by atoms with E-state index >= 15 is 0 Å². The second-order valence-electron chi connectivity index (χ2n) is 4.76. The van der Waals surface area contributed by atoms with Crippen molar-refractivity contribution < 1.29 is 9.84 Å². The van der Waals surface area contributed by atoms with Crippen molar-refractivity contribution in [3.05, 3.63) is 63.1 Å². The predicted octanol–water partition coefficient (Wildman–Crippen LogP) is 3.93. The molecule has 2 aromatic rings. The third-order valence-corrected chi connectivity index (χ3v) is 4.09. The fourth-order valence-corrected chi connectivity index (χ4v) is 2.70. The molecule has 0 saturated carbocycles. The number of rotatable bonds is 1. The molecule has 2 nitrogen and oxygen atoms in total. The van der Waals surface area contributed by atoms with E-state index in [0.717, 1.165) is 5.56 Å². The highest BCUT2D eigenvalue weighted by atomic mass is 35.5. The van der Waals surface area contributed by atoms with Crippen molar-refractivity contribution in [3.8, 4) is 5.75 Å². The summed E-state index contributed by atoms with van der Waals surface area (Å²) in [5, 5.41) is 12.1. The molecule has 1 atom stereocenters. The summed E-state index contributed by atoms with van der Waals surface area (Å²) in [6, 6.07) is 10.8. The number of benzene rings is 2. The van der Waals surface area contributed by atoms with Gasteiger partial charge in [-0.2, -0.15) is 0 Å². The summed E-state index contributed by atoms with van der Waals surface area (Å²) >= 11 is 12.1. The molecule has 1 N–H and O–H groups in total. The van der Waals surface area contributed by atoms with Gasteiger partial charge in [0.1, 0.15) is 12.4 Å². The molecule has 2 aromatic carbocycles. The summed E-state index contributed by atoms with van der Waals surface area (Å²) in [6.07, 6.45) is 0. The fraction of sp³-hybridized carbons (Fsp3) is 0.200. The van der Waals surface area contributed by atoms with E-state index in [1.54, 1.807) is 18.2 Å².